The third-order valence-corrected chi connectivity index (χ3v) is 3.63. The van der Waals surface area contributed by atoms with E-state index in [1.807, 2.05) is 54.6 Å². The number of benzene rings is 2. The number of nitrogens with one attached hydrogen (secondary N) is 1. The Labute approximate surface area is 144 Å². The van der Waals surface area contributed by atoms with Gasteiger partial charge in [-0.25, -0.2) is 0 Å². The van der Waals surface area contributed by atoms with Crippen molar-refractivity contribution in [2.75, 3.05) is 5.32 Å². The van der Waals surface area contributed by atoms with Crippen molar-refractivity contribution in [1.29, 1.82) is 0 Å². The number of amides is 1. The topological polar surface area (TPSA) is 55.1 Å². The number of carbonyl (C=O) groups is 1. The van der Waals surface area contributed by atoms with Crippen molar-refractivity contribution in [2.45, 2.75) is 38.6 Å². The van der Waals surface area contributed by atoms with E-state index in [0.717, 1.165) is 16.8 Å². The molecule has 0 spiro atoms. The number of hydrogen-bond acceptors (Lipinski definition) is 2. The molecule has 1 atom stereocenters. The highest BCUT2D eigenvalue weighted by Gasteiger charge is 2.20. The van der Waals surface area contributed by atoms with Crippen LogP contribution in [0.1, 0.15) is 31.9 Å². The summed E-state index contributed by atoms with van der Waals surface area (Å²) in [5, 5.41) is 2.97. The Hall–Kier alpha value is -1.84. The Morgan fingerprint density at radius 3 is 2.22 bits per heavy atom. The summed E-state index contributed by atoms with van der Waals surface area (Å²) in [7, 11) is 0. The van der Waals surface area contributed by atoms with Gasteiger partial charge in [0.15, 0.2) is 0 Å². The first-order valence-corrected chi connectivity index (χ1v) is 7.58. The van der Waals surface area contributed by atoms with Crippen LogP contribution in [-0.2, 0) is 16.6 Å². The zero-order valence-electron chi connectivity index (χ0n) is 13.9. The molecule has 2 rings (SSSR count). The lowest BCUT2D eigenvalue weighted by Gasteiger charge is -2.23. The van der Waals surface area contributed by atoms with Crippen molar-refractivity contribution in [3.63, 3.8) is 0 Å². The molecule has 0 unspecified atom stereocenters. The summed E-state index contributed by atoms with van der Waals surface area (Å²) < 4.78 is 0. The van der Waals surface area contributed by atoms with Gasteiger partial charge in [0.1, 0.15) is 0 Å². The van der Waals surface area contributed by atoms with Gasteiger partial charge in [-0.2, -0.15) is 0 Å². The number of halogens is 1. The van der Waals surface area contributed by atoms with E-state index in [-0.39, 0.29) is 23.7 Å². The second kappa shape index (κ2) is 8.14. The second-order valence-electron chi connectivity index (χ2n) is 6.58. The lowest BCUT2D eigenvalue weighted by molar-refractivity contribution is -0.117. The van der Waals surface area contributed by atoms with Gasteiger partial charge in [0.25, 0.3) is 0 Å². The largest absolute Gasteiger partial charge is 0.324 e. The molecule has 3 N–H and O–H groups in total. The fourth-order valence-electron chi connectivity index (χ4n) is 2.43. The second-order valence-corrected chi connectivity index (χ2v) is 6.58. The SMILES string of the molecule is CC(C)(C)c1ccccc1NC(=O)[C@@H](N)Cc1ccccc1.Cl. The van der Waals surface area contributed by atoms with E-state index in [1.54, 1.807) is 0 Å². The van der Waals surface area contributed by atoms with Gasteiger partial charge in [0.05, 0.1) is 6.04 Å². The molecule has 0 radical (unpaired) electrons. The maximum Gasteiger partial charge on any atom is 0.241 e. The number of nitrogens with two attached hydrogens (primary N) is 1. The first kappa shape index (κ1) is 19.2. The summed E-state index contributed by atoms with van der Waals surface area (Å²) in [6.45, 7) is 6.38. The predicted molar refractivity (Wildman–Crippen MR) is 99.1 cm³/mol. The fourth-order valence-corrected chi connectivity index (χ4v) is 2.43. The van der Waals surface area contributed by atoms with Gasteiger partial charge in [0.2, 0.25) is 5.91 Å². The van der Waals surface area contributed by atoms with Crippen LogP contribution >= 0.6 is 12.4 Å². The van der Waals surface area contributed by atoms with Crippen LogP contribution in [0.2, 0.25) is 0 Å². The van der Waals surface area contributed by atoms with Gasteiger partial charge in [-0.15, -0.1) is 12.4 Å². The molecule has 0 fully saturated rings. The summed E-state index contributed by atoms with van der Waals surface area (Å²) in [6.07, 6.45) is 0.532. The van der Waals surface area contributed by atoms with Gasteiger partial charge >= 0.3 is 0 Å². The maximum atomic E-state index is 12.4. The zero-order valence-corrected chi connectivity index (χ0v) is 14.7. The van der Waals surface area contributed by atoms with E-state index in [1.165, 1.54) is 0 Å². The van der Waals surface area contributed by atoms with E-state index in [2.05, 4.69) is 26.1 Å². The van der Waals surface area contributed by atoms with E-state index < -0.39 is 6.04 Å². The summed E-state index contributed by atoms with van der Waals surface area (Å²) in [5.74, 6) is -0.152. The van der Waals surface area contributed by atoms with Crippen LogP contribution < -0.4 is 11.1 Å². The third kappa shape index (κ3) is 5.38. The molecule has 23 heavy (non-hydrogen) atoms. The normalized spacial score (nSPS) is 12.2. The van der Waals surface area contributed by atoms with E-state index >= 15 is 0 Å². The molecular weight excluding hydrogens is 308 g/mol. The number of rotatable bonds is 4. The smallest absolute Gasteiger partial charge is 0.241 e. The highest BCUT2D eigenvalue weighted by molar-refractivity contribution is 5.95. The average Bonchev–Trinajstić information content (AvgIpc) is 2.47. The van der Waals surface area contributed by atoms with Crippen LogP contribution in [0.4, 0.5) is 5.69 Å². The number of carbonyl (C=O) groups excluding carboxylic acids is 1. The van der Waals surface area contributed by atoms with Crippen LogP contribution in [-0.4, -0.2) is 11.9 Å². The van der Waals surface area contributed by atoms with Gasteiger partial charge in [-0.3, -0.25) is 4.79 Å². The molecule has 3 nitrogen and oxygen atoms in total. The van der Waals surface area contributed by atoms with E-state index in [9.17, 15) is 4.79 Å². The zero-order chi connectivity index (χ0) is 16.2. The highest BCUT2D eigenvalue weighted by Crippen LogP contribution is 2.29. The Bertz CT molecular complexity index is 635. The van der Waals surface area contributed by atoms with Crippen molar-refractivity contribution in [3.05, 3.63) is 65.7 Å². The van der Waals surface area contributed by atoms with Gasteiger partial charge < -0.3 is 11.1 Å². The Kier molecular flexibility index (Phi) is 6.79. The van der Waals surface area contributed by atoms with Crippen LogP contribution in [0.15, 0.2) is 54.6 Å². The molecule has 2 aromatic rings. The molecule has 0 heterocycles. The average molecular weight is 333 g/mol. The molecule has 0 aliphatic carbocycles. The molecule has 0 bridgehead atoms. The molecule has 0 saturated heterocycles. The minimum Gasteiger partial charge on any atom is -0.324 e. The third-order valence-electron chi connectivity index (χ3n) is 3.63. The molecule has 4 heteroatoms. The van der Waals surface area contributed by atoms with Crippen molar-refractivity contribution < 1.29 is 4.79 Å². The van der Waals surface area contributed by atoms with Crippen LogP contribution in [0.25, 0.3) is 0 Å². The molecule has 0 saturated carbocycles. The molecule has 1 amide bonds. The van der Waals surface area contributed by atoms with Crippen molar-refractivity contribution >= 4 is 24.0 Å². The lowest BCUT2D eigenvalue weighted by Crippen LogP contribution is -2.38. The fraction of sp³-hybridized carbons (Fsp3) is 0.316. The number of hydrogen-bond donors (Lipinski definition) is 2. The molecular formula is C19H25ClN2O. The van der Waals surface area contributed by atoms with Crippen LogP contribution in [0.5, 0.6) is 0 Å². The van der Waals surface area contributed by atoms with E-state index in [4.69, 9.17) is 5.73 Å². The highest BCUT2D eigenvalue weighted by atomic mass is 35.5. The van der Waals surface area contributed by atoms with Gasteiger partial charge in [0, 0.05) is 5.69 Å². The minimum absolute atomic E-state index is 0. The molecule has 124 valence electrons. The maximum absolute atomic E-state index is 12.4. The quantitative estimate of drug-likeness (QED) is 0.891. The predicted octanol–water partition coefficient (Wildman–Crippen LogP) is 3.91. The van der Waals surface area contributed by atoms with Crippen LogP contribution in [0.3, 0.4) is 0 Å². The summed E-state index contributed by atoms with van der Waals surface area (Å²) in [6, 6.07) is 17.1. The van der Waals surface area contributed by atoms with Crippen molar-refractivity contribution in [1.82, 2.24) is 0 Å². The Balaban J connectivity index is 0.00000264. The molecule has 0 aliphatic heterocycles. The summed E-state index contributed by atoms with van der Waals surface area (Å²) >= 11 is 0. The van der Waals surface area contributed by atoms with Gasteiger partial charge in [-0.05, 0) is 29.0 Å². The van der Waals surface area contributed by atoms with Crippen LogP contribution in [0, 0.1) is 0 Å². The Morgan fingerprint density at radius 1 is 1.04 bits per heavy atom. The first-order valence-electron chi connectivity index (χ1n) is 7.58. The minimum atomic E-state index is -0.560. The first-order chi connectivity index (χ1) is 10.4. The Morgan fingerprint density at radius 2 is 1.61 bits per heavy atom. The number of anilines is 1. The lowest BCUT2D eigenvalue weighted by atomic mass is 9.86. The number of para-hydroxylation sites is 1. The summed E-state index contributed by atoms with van der Waals surface area (Å²) in [4.78, 5) is 12.4. The van der Waals surface area contributed by atoms with Gasteiger partial charge in [-0.1, -0.05) is 69.3 Å². The van der Waals surface area contributed by atoms with E-state index in [0.29, 0.717) is 6.42 Å². The molecule has 0 aromatic heterocycles. The van der Waals surface area contributed by atoms with Crippen molar-refractivity contribution in [2.24, 2.45) is 5.73 Å². The van der Waals surface area contributed by atoms with Crippen molar-refractivity contribution in [3.8, 4) is 0 Å². The molecule has 2 aromatic carbocycles. The summed E-state index contributed by atoms with van der Waals surface area (Å²) in [5.41, 5.74) is 9.02. The molecule has 0 aliphatic rings. The standard InChI is InChI=1S/C19H24N2O.ClH/c1-19(2,3)15-11-7-8-12-17(15)21-18(22)16(20)13-14-9-5-4-6-10-14;/h4-12,16H,13,20H2,1-3H3,(H,21,22);1H/t16-;/m0./s1. The monoisotopic (exact) mass is 332 g/mol.